The molecular formula is C22H25ClN2O5S. The maximum atomic E-state index is 12.7. The molecule has 0 aliphatic carbocycles. The summed E-state index contributed by atoms with van der Waals surface area (Å²) >= 11 is 6.16. The Morgan fingerprint density at radius 3 is 2.68 bits per heavy atom. The Balaban J connectivity index is 1.47. The predicted octanol–water partition coefficient (Wildman–Crippen LogP) is 3.68. The van der Waals surface area contributed by atoms with Crippen LogP contribution >= 0.6 is 11.6 Å². The lowest BCUT2D eigenvalue weighted by molar-refractivity contribution is -0.117. The first kappa shape index (κ1) is 21.9. The fourth-order valence-corrected chi connectivity index (χ4v) is 4.80. The minimum Gasteiger partial charge on any atom is -0.490 e. The Kier molecular flexibility index (Phi) is 6.41. The maximum absolute atomic E-state index is 12.7. The van der Waals surface area contributed by atoms with E-state index < -0.39 is 9.84 Å². The molecule has 2 aliphatic rings. The Morgan fingerprint density at radius 1 is 1.13 bits per heavy atom. The SMILES string of the molecule is CS(=O)(=O)c1ccc(Cl)c(NC(=O)CN2CCC[C@@H]2c2ccc3c(c2)OCCCO3)c1. The van der Waals surface area contributed by atoms with Gasteiger partial charge in [-0.1, -0.05) is 17.7 Å². The number of rotatable bonds is 5. The van der Waals surface area contributed by atoms with E-state index in [1.165, 1.54) is 18.2 Å². The first-order chi connectivity index (χ1) is 14.8. The van der Waals surface area contributed by atoms with E-state index in [-0.39, 0.29) is 23.4 Å². The molecule has 9 heteroatoms. The minimum absolute atomic E-state index is 0.0979. The first-order valence-electron chi connectivity index (χ1n) is 10.2. The summed E-state index contributed by atoms with van der Waals surface area (Å²) in [5.41, 5.74) is 1.38. The summed E-state index contributed by atoms with van der Waals surface area (Å²) < 4.78 is 35.1. The highest BCUT2D eigenvalue weighted by molar-refractivity contribution is 7.90. The number of halogens is 1. The van der Waals surface area contributed by atoms with Gasteiger partial charge in [-0.25, -0.2) is 8.42 Å². The number of hydrogen-bond acceptors (Lipinski definition) is 6. The number of sulfone groups is 1. The Morgan fingerprint density at radius 2 is 1.90 bits per heavy atom. The number of fused-ring (bicyclic) bond motifs is 1. The van der Waals surface area contributed by atoms with Gasteiger partial charge in [0, 0.05) is 18.7 Å². The summed E-state index contributed by atoms with van der Waals surface area (Å²) in [6.07, 6.45) is 3.89. The van der Waals surface area contributed by atoms with Crippen LogP contribution in [0.25, 0.3) is 0 Å². The summed E-state index contributed by atoms with van der Waals surface area (Å²) in [6.45, 7) is 2.24. The Labute approximate surface area is 187 Å². The van der Waals surface area contributed by atoms with Crippen molar-refractivity contribution < 1.29 is 22.7 Å². The molecule has 1 amide bonds. The highest BCUT2D eigenvalue weighted by Gasteiger charge is 2.29. The van der Waals surface area contributed by atoms with E-state index in [1.807, 2.05) is 18.2 Å². The second-order valence-corrected chi connectivity index (χ2v) is 10.3. The quantitative estimate of drug-likeness (QED) is 0.726. The van der Waals surface area contributed by atoms with Gasteiger partial charge >= 0.3 is 0 Å². The van der Waals surface area contributed by atoms with Crippen molar-refractivity contribution in [1.29, 1.82) is 0 Å². The average molecular weight is 465 g/mol. The molecule has 31 heavy (non-hydrogen) atoms. The lowest BCUT2D eigenvalue weighted by Gasteiger charge is -2.25. The summed E-state index contributed by atoms with van der Waals surface area (Å²) in [5.74, 6) is 1.26. The van der Waals surface area contributed by atoms with Crippen molar-refractivity contribution in [2.75, 3.05) is 37.9 Å². The molecule has 2 heterocycles. The van der Waals surface area contributed by atoms with Gasteiger partial charge in [-0.05, 0) is 55.3 Å². The highest BCUT2D eigenvalue weighted by atomic mass is 35.5. The van der Waals surface area contributed by atoms with Gasteiger partial charge < -0.3 is 14.8 Å². The number of hydrogen-bond donors (Lipinski definition) is 1. The third-order valence-electron chi connectivity index (χ3n) is 5.51. The van der Waals surface area contributed by atoms with E-state index in [2.05, 4.69) is 10.2 Å². The van der Waals surface area contributed by atoms with Crippen molar-refractivity contribution in [3.05, 3.63) is 47.0 Å². The topological polar surface area (TPSA) is 84.9 Å². The predicted molar refractivity (Wildman–Crippen MR) is 119 cm³/mol. The molecule has 7 nitrogen and oxygen atoms in total. The summed E-state index contributed by atoms with van der Waals surface area (Å²) in [4.78, 5) is 15.0. The molecule has 0 unspecified atom stereocenters. The number of nitrogens with one attached hydrogen (secondary N) is 1. The third kappa shape index (κ3) is 5.14. The summed E-state index contributed by atoms with van der Waals surface area (Å²) in [5, 5.41) is 3.05. The molecule has 1 atom stereocenters. The van der Waals surface area contributed by atoms with Crippen LogP contribution < -0.4 is 14.8 Å². The lowest BCUT2D eigenvalue weighted by atomic mass is 10.0. The normalized spacial score (nSPS) is 19.1. The van der Waals surface area contributed by atoms with Crippen LogP contribution in [0.4, 0.5) is 5.69 Å². The van der Waals surface area contributed by atoms with Gasteiger partial charge in [0.2, 0.25) is 5.91 Å². The van der Waals surface area contributed by atoms with Crippen molar-refractivity contribution in [2.45, 2.75) is 30.2 Å². The molecule has 2 aliphatic heterocycles. The average Bonchev–Trinajstić information content (AvgIpc) is 3.04. The maximum Gasteiger partial charge on any atom is 0.238 e. The van der Waals surface area contributed by atoms with E-state index in [1.54, 1.807) is 0 Å². The van der Waals surface area contributed by atoms with Gasteiger partial charge in [0.15, 0.2) is 21.3 Å². The van der Waals surface area contributed by atoms with Gasteiger partial charge in [0.1, 0.15) is 0 Å². The van der Waals surface area contributed by atoms with Crippen molar-refractivity contribution >= 4 is 33.0 Å². The molecule has 2 aromatic carbocycles. The number of benzene rings is 2. The molecule has 1 fully saturated rings. The standard InChI is InChI=1S/C22H25ClN2O5S/c1-31(27,28)16-6-7-17(23)18(13-16)24-22(26)14-25-9-2-4-19(25)15-5-8-20-21(12-15)30-11-3-10-29-20/h5-8,12-13,19H,2-4,9-11,14H2,1H3,(H,24,26)/t19-/m1/s1. The molecule has 0 spiro atoms. The van der Waals surface area contributed by atoms with Gasteiger partial charge in [0.25, 0.3) is 0 Å². The van der Waals surface area contributed by atoms with Gasteiger partial charge in [0.05, 0.1) is 35.4 Å². The molecule has 4 rings (SSSR count). The number of carbonyl (C=O) groups is 1. The second-order valence-electron chi connectivity index (χ2n) is 7.85. The summed E-state index contributed by atoms with van der Waals surface area (Å²) in [7, 11) is -3.40. The Hall–Kier alpha value is -2.29. The molecule has 0 aromatic heterocycles. The molecular weight excluding hydrogens is 440 g/mol. The molecule has 0 radical (unpaired) electrons. The lowest BCUT2D eigenvalue weighted by Crippen LogP contribution is -2.33. The van der Waals surface area contributed by atoms with Crippen LogP contribution in [-0.4, -0.2) is 51.8 Å². The van der Waals surface area contributed by atoms with Crippen LogP contribution in [0.5, 0.6) is 11.5 Å². The van der Waals surface area contributed by atoms with Crippen LogP contribution in [0.1, 0.15) is 30.9 Å². The molecule has 166 valence electrons. The van der Waals surface area contributed by atoms with Crippen LogP contribution in [0.3, 0.4) is 0 Å². The number of amides is 1. The zero-order chi connectivity index (χ0) is 22.0. The number of anilines is 1. The number of nitrogens with zero attached hydrogens (tertiary/aromatic N) is 1. The molecule has 0 bridgehead atoms. The highest BCUT2D eigenvalue weighted by Crippen LogP contribution is 2.37. The van der Waals surface area contributed by atoms with Crippen LogP contribution in [-0.2, 0) is 14.6 Å². The number of carbonyl (C=O) groups excluding carboxylic acids is 1. The zero-order valence-corrected chi connectivity index (χ0v) is 18.8. The van der Waals surface area contributed by atoms with Gasteiger partial charge in [-0.2, -0.15) is 0 Å². The van der Waals surface area contributed by atoms with Crippen molar-refractivity contribution in [1.82, 2.24) is 4.90 Å². The fourth-order valence-electron chi connectivity index (χ4n) is 3.99. The first-order valence-corrected chi connectivity index (χ1v) is 12.5. The smallest absolute Gasteiger partial charge is 0.238 e. The third-order valence-corrected chi connectivity index (χ3v) is 6.95. The second kappa shape index (κ2) is 9.06. The van der Waals surface area contributed by atoms with E-state index in [4.69, 9.17) is 21.1 Å². The molecule has 1 N–H and O–H groups in total. The van der Waals surface area contributed by atoms with Crippen molar-refractivity contribution in [3.63, 3.8) is 0 Å². The number of likely N-dealkylation sites (tertiary alicyclic amines) is 1. The zero-order valence-electron chi connectivity index (χ0n) is 17.3. The minimum atomic E-state index is -3.40. The van der Waals surface area contributed by atoms with Gasteiger partial charge in [-0.15, -0.1) is 0 Å². The molecule has 1 saturated heterocycles. The van der Waals surface area contributed by atoms with E-state index >= 15 is 0 Å². The van der Waals surface area contributed by atoms with E-state index in [0.717, 1.165) is 49.1 Å². The molecule has 0 saturated carbocycles. The van der Waals surface area contributed by atoms with Crippen LogP contribution in [0.2, 0.25) is 5.02 Å². The molecule has 2 aromatic rings. The van der Waals surface area contributed by atoms with E-state index in [9.17, 15) is 13.2 Å². The fraction of sp³-hybridized carbons (Fsp3) is 0.409. The van der Waals surface area contributed by atoms with Crippen molar-refractivity contribution in [3.8, 4) is 11.5 Å². The van der Waals surface area contributed by atoms with Crippen LogP contribution in [0, 0.1) is 0 Å². The summed E-state index contributed by atoms with van der Waals surface area (Å²) in [6, 6.07) is 10.4. The van der Waals surface area contributed by atoms with E-state index in [0.29, 0.717) is 23.9 Å². The Bertz CT molecular complexity index is 1090. The van der Waals surface area contributed by atoms with Crippen molar-refractivity contribution in [2.24, 2.45) is 0 Å². The monoisotopic (exact) mass is 464 g/mol. The largest absolute Gasteiger partial charge is 0.490 e. The number of ether oxygens (including phenoxy) is 2. The van der Waals surface area contributed by atoms with Gasteiger partial charge in [-0.3, -0.25) is 9.69 Å². The van der Waals surface area contributed by atoms with Crippen LogP contribution in [0.15, 0.2) is 41.3 Å².